The van der Waals surface area contributed by atoms with E-state index < -0.39 is 0 Å². The van der Waals surface area contributed by atoms with Crippen LogP contribution < -0.4 is 0 Å². The third kappa shape index (κ3) is 3.98. The molecule has 0 N–H and O–H groups in total. The highest BCUT2D eigenvalue weighted by Gasteiger charge is 2.51. The second-order valence-electron chi connectivity index (χ2n) is 14.1. The molecule has 2 heteroatoms. The summed E-state index contributed by atoms with van der Waals surface area (Å²) in [6, 6.07) is 62.6. The summed E-state index contributed by atoms with van der Waals surface area (Å²) < 4.78 is 6.40. The zero-order valence-corrected chi connectivity index (χ0v) is 28.7. The van der Waals surface area contributed by atoms with Crippen LogP contribution in [0.5, 0.6) is 0 Å². The number of aromatic nitrogens is 1. The Kier molecular flexibility index (Phi) is 6.18. The molecule has 0 radical (unpaired) electrons. The molecule has 0 amide bonds. The quantitative estimate of drug-likeness (QED) is 0.187. The Hall–Kier alpha value is -6.51. The predicted molar refractivity (Wildman–Crippen MR) is 213 cm³/mol. The minimum Gasteiger partial charge on any atom is -0.441 e. The molecule has 1 spiro atoms. The summed E-state index contributed by atoms with van der Waals surface area (Å²) in [5, 5.41) is 2.51. The lowest BCUT2D eigenvalue weighted by atomic mass is 9.70. The summed E-state index contributed by atoms with van der Waals surface area (Å²) in [5.41, 5.74) is 18.9. The van der Waals surface area contributed by atoms with Crippen LogP contribution >= 0.6 is 0 Å². The van der Waals surface area contributed by atoms with E-state index in [4.69, 9.17) is 9.40 Å². The van der Waals surface area contributed by atoms with Crippen molar-refractivity contribution in [1.29, 1.82) is 0 Å². The number of oxazole rings is 1. The smallest absolute Gasteiger partial charge is 0.195 e. The van der Waals surface area contributed by atoms with Gasteiger partial charge < -0.3 is 4.42 Å². The molecule has 2 aliphatic rings. The lowest BCUT2D eigenvalue weighted by molar-refractivity contribution is 0.538. The number of aryl methyl sites for hydroxylation is 1. The van der Waals surface area contributed by atoms with Gasteiger partial charge in [-0.3, -0.25) is 0 Å². The van der Waals surface area contributed by atoms with Crippen LogP contribution in [-0.4, -0.2) is 4.98 Å². The van der Waals surface area contributed by atoms with Gasteiger partial charge in [0.1, 0.15) is 5.52 Å². The predicted octanol–water partition coefficient (Wildman–Crippen LogP) is 12.9. The molecule has 0 saturated heterocycles. The van der Waals surface area contributed by atoms with Crippen molar-refractivity contribution in [2.75, 3.05) is 0 Å². The molecule has 9 aromatic rings. The van der Waals surface area contributed by atoms with Gasteiger partial charge in [-0.15, -0.1) is 0 Å². The van der Waals surface area contributed by atoms with Crippen LogP contribution in [-0.2, 0) is 11.8 Å². The summed E-state index contributed by atoms with van der Waals surface area (Å²) in [7, 11) is 0. The highest BCUT2D eigenvalue weighted by atomic mass is 16.3. The standard InChI is InChI=1S/C50H33NO/c1-2-48-51-49-42(33-24-22-32(23-25-33)37-18-11-13-31-12-3-4-14-36(31)37)28-35(30-47(49)52-48)34-26-27-41-40-17-7-10-21-45(40)50(46(41)29-34)43-19-8-5-15-38(43)39-16-6-9-20-44(39)50/h3-30H,2H2,1H3. The van der Waals surface area contributed by atoms with Crippen LogP contribution in [0.2, 0.25) is 0 Å². The molecular weight excluding hydrogens is 631 g/mol. The highest BCUT2D eigenvalue weighted by Crippen LogP contribution is 2.63. The molecule has 0 aliphatic heterocycles. The summed E-state index contributed by atoms with van der Waals surface area (Å²) in [5.74, 6) is 0.753. The maximum atomic E-state index is 6.40. The third-order valence-electron chi connectivity index (χ3n) is 11.5. The monoisotopic (exact) mass is 663 g/mol. The van der Waals surface area contributed by atoms with Gasteiger partial charge in [0.05, 0.1) is 5.41 Å². The molecule has 0 fully saturated rings. The Morgan fingerprint density at radius 1 is 0.442 bits per heavy atom. The van der Waals surface area contributed by atoms with Gasteiger partial charge in [0.15, 0.2) is 11.5 Å². The van der Waals surface area contributed by atoms with Gasteiger partial charge in [-0.2, -0.15) is 0 Å². The minimum atomic E-state index is -0.388. The molecule has 8 aromatic carbocycles. The molecule has 0 bridgehead atoms. The van der Waals surface area contributed by atoms with Crippen molar-refractivity contribution < 1.29 is 4.42 Å². The summed E-state index contributed by atoms with van der Waals surface area (Å²) in [6.45, 7) is 2.10. The second-order valence-corrected chi connectivity index (χ2v) is 14.1. The van der Waals surface area contributed by atoms with Crippen LogP contribution in [0.4, 0.5) is 0 Å². The SMILES string of the molecule is CCc1nc2c(-c3ccc(-c4cccc5ccccc45)cc3)cc(-c3ccc4c(c3)C3(c5ccccc5-c5ccccc53)c3ccccc3-4)cc2o1. The maximum absolute atomic E-state index is 6.40. The average molecular weight is 664 g/mol. The van der Waals surface area contributed by atoms with Crippen LogP contribution in [0.1, 0.15) is 35.1 Å². The van der Waals surface area contributed by atoms with Crippen molar-refractivity contribution in [1.82, 2.24) is 4.98 Å². The first-order chi connectivity index (χ1) is 25.7. The fourth-order valence-electron chi connectivity index (χ4n) is 9.19. The summed E-state index contributed by atoms with van der Waals surface area (Å²) >= 11 is 0. The maximum Gasteiger partial charge on any atom is 0.195 e. The van der Waals surface area contributed by atoms with Crippen LogP contribution in [0.25, 0.3) is 77.5 Å². The molecule has 52 heavy (non-hydrogen) atoms. The second kappa shape index (κ2) is 11.0. The van der Waals surface area contributed by atoms with E-state index in [1.807, 2.05) is 0 Å². The number of hydrogen-bond donors (Lipinski definition) is 0. The third-order valence-corrected chi connectivity index (χ3v) is 11.5. The molecule has 1 heterocycles. The minimum absolute atomic E-state index is 0.388. The van der Waals surface area contributed by atoms with E-state index in [-0.39, 0.29) is 5.41 Å². The first kappa shape index (κ1) is 29.2. The Morgan fingerprint density at radius 2 is 0.981 bits per heavy atom. The first-order valence-electron chi connectivity index (χ1n) is 18.2. The van der Waals surface area contributed by atoms with Crippen molar-refractivity contribution in [2.45, 2.75) is 18.8 Å². The van der Waals surface area contributed by atoms with Gasteiger partial charge in [-0.05, 0) is 101 Å². The molecule has 0 atom stereocenters. The van der Waals surface area contributed by atoms with E-state index in [9.17, 15) is 0 Å². The number of rotatable bonds is 4. The van der Waals surface area contributed by atoms with E-state index >= 15 is 0 Å². The topological polar surface area (TPSA) is 26.0 Å². The van der Waals surface area contributed by atoms with Gasteiger partial charge in [0.2, 0.25) is 0 Å². The van der Waals surface area contributed by atoms with E-state index in [2.05, 4.69) is 177 Å². The Balaban J connectivity index is 1.10. The van der Waals surface area contributed by atoms with Gasteiger partial charge in [0, 0.05) is 12.0 Å². The number of hydrogen-bond acceptors (Lipinski definition) is 2. The largest absolute Gasteiger partial charge is 0.441 e. The fraction of sp³-hybridized carbons (Fsp3) is 0.0600. The Bertz CT molecular complexity index is 2820. The fourth-order valence-corrected chi connectivity index (χ4v) is 9.19. The highest BCUT2D eigenvalue weighted by molar-refractivity contribution is 6.00. The molecule has 1 aromatic heterocycles. The van der Waals surface area contributed by atoms with Crippen molar-refractivity contribution in [2.24, 2.45) is 0 Å². The van der Waals surface area contributed by atoms with Gasteiger partial charge in [-0.25, -0.2) is 4.98 Å². The average Bonchev–Trinajstić information content (AvgIpc) is 3.87. The zero-order chi connectivity index (χ0) is 34.4. The number of nitrogens with zero attached hydrogens (tertiary/aromatic N) is 1. The molecule has 0 saturated carbocycles. The van der Waals surface area contributed by atoms with Crippen molar-refractivity contribution in [3.63, 3.8) is 0 Å². The molecule has 2 nitrogen and oxygen atoms in total. The van der Waals surface area contributed by atoms with Crippen molar-refractivity contribution >= 4 is 21.9 Å². The molecule has 2 aliphatic carbocycles. The van der Waals surface area contributed by atoms with E-state index in [0.717, 1.165) is 45.7 Å². The lowest BCUT2D eigenvalue weighted by Crippen LogP contribution is -2.25. The van der Waals surface area contributed by atoms with Crippen LogP contribution in [0.3, 0.4) is 0 Å². The van der Waals surface area contributed by atoms with Gasteiger partial charge in [-0.1, -0.05) is 159 Å². The summed E-state index contributed by atoms with van der Waals surface area (Å²) in [6.07, 6.45) is 0.738. The van der Waals surface area contributed by atoms with Gasteiger partial charge >= 0.3 is 0 Å². The lowest BCUT2D eigenvalue weighted by Gasteiger charge is -2.30. The van der Waals surface area contributed by atoms with Crippen LogP contribution in [0, 0.1) is 0 Å². The molecule has 11 rings (SSSR count). The van der Waals surface area contributed by atoms with E-state index in [0.29, 0.717) is 0 Å². The van der Waals surface area contributed by atoms with Crippen LogP contribution in [0.15, 0.2) is 174 Å². The normalized spacial score (nSPS) is 13.3. The van der Waals surface area contributed by atoms with E-state index in [1.54, 1.807) is 0 Å². The van der Waals surface area contributed by atoms with Gasteiger partial charge in [0.25, 0.3) is 0 Å². The molecule has 244 valence electrons. The first-order valence-corrected chi connectivity index (χ1v) is 18.2. The van der Waals surface area contributed by atoms with Crippen molar-refractivity contribution in [3.8, 4) is 55.6 Å². The zero-order valence-electron chi connectivity index (χ0n) is 28.7. The Morgan fingerprint density at radius 3 is 1.65 bits per heavy atom. The number of benzene rings is 8. The molecule has 0 unspecified atom stereocenters. The Labute approximate surface area is 302 Å². The van der Waals surface area contributed by atoms with Crippen molar-refractivity contribution in [3.05, 3.63) is 198 Å². The number of fused-ring (bicyclic) bond motifs is 12. The molecular formula is C50H33NO. The van der Waals surface area contributed by atoms with E-state index in [1.165, 1.54) is 66.4 Å². The summed E-state index contributed by atoms with van der Waals surface area (Å²) in [4.78, 5) is 4.99.